The van der Waals surface area contributed by atoms with Gasteiger partial charge in [0, 0.05) is 5.54 Å². The highest BCUT2D eigenvalue weighted by Crippen LogP contribution is 2.23. The third-order valence-corrected chi connectivity index (χ3v) is 3.28. The van der Waals surface area contributed by atoms with E-state index in [9.17, 15) is 0 Å². The second-order valence-electron chi connectivity index (χ2n) is 6.48. The molecule has 1 aromatic heterocycles. The van der Waals surface area contributed by atoms with E-state index >= 15 is 0 Å². The minimum absolute atomic E-state index is 0.0850. The standard InChI is InChI=1S/C18H25NO2/c1-13-7-6-8-14(2)17(13)20-12-16-10-9-15(21-16)11-19-18(3,4)5/h6-10,19H,11-12H2,1-5H3. The van der Waals surface area contributed by atoms with E-state index < -0.39 is 0 Å². The average molecular weight is 287 g/mol. The van der Waals surface area contributed by atoms with Crippen molar-refractivity contribution in [1.29, 1.82) is 0 Å². The maximum Gasteiger partial charge on any atom is 0.146 e. The summed E-state index contributed by atoms with van der Waals surface area (Å²) in [6.45, 7) is 11.7. The zero-order valence-corrected chi connectivity index (χ0v) is 13.6. The lowest BCUT2D eigenvalue weighted by Gasteiger charge is -2.19. The molecule has 0 unspecified atom stereocenters. The number of aryl methyl sites for hydroxylation is 2. The Balaban J connectivity index is 1.94. The molecule has 0 spiro atoms. The topological polar surface area (TPSA) is 34.4 Å². The molecule has 0 aliphatic rings. The van der Waals surface area contributed by atoms with Gasteiger partial charge in [-0.1, -0.05) is 18.2 Å². The number of hydrogen-bond acceptors (Lipinski definition) is 3. The lowest BCUT2D eigenvalue weighted by Crippen LogP contribution is -2.34. The van der Waals surface area contributed by atoms with Gasteiger partial charge in [0.25, 0.3) is 0 Å². The van der Waals surface area contributed by atoms with Gasteiger partial charge in [0.15, 0.2) is 0 Å². The maximum absolute atomic E-state index is 5.90. The summed E-state index contributed by atoms with van der Waals surface area (Å²) in [4.78, 5) is 0. The average Bonchev–Trinajstić information content (AvgIpc) is 2.83. The van der Waals surface area contributed by atoms with E-state index in [-0.39, 0.29) is 5.54 Å². The van der Waals surface area contributed by atoms with Gasteiger partial charge < -0.3 is 14.5 Å². The molecule has 0 fully saturated rings. The summed E-state index contributed by atoms with van der Waals surface area (Å²) in [6, 6.07) is 10.1. The van der Waals surface area contributed by atoms with Crippen molar-refractivity contribution >= 4 is 0 Å². The molecule has 0 saturated carbocycles. The third kappa shape index (κ3) is 4.64. The molecule has 2 rings (SSSR count). The second kappa shape index (κ2) is 6.35. The van der Waals surface area contributed by atoms with E-state index in [1.807, 2.05) is 18.2 Å². The summed E-state index contributed by atoms with van der Waals surface area (Å²) >= 11 is 0. The van der Waals surface area contributed by atoms with Gasteiger partial charge in [-0.3, -0.25) is 0 Å². The molecule has 0 saturated heterocycles. The van der Waals surface area contributed by atoms with Crippen LogP contribution in [0.3, 0.4) is 0 Å². The van der Waals surface area contributed by atoms with Crippen molar-refractivity contribution in [2.75, 3.05) is 0 Å². The number of furan rings is 1. The van der Waals surface area contributed by atoms with E-state index in [0.29, 0.717) is 6.61 Å². The van der Waals surface area contributed by atoms with Crippen LogP contribution < -0.4 is 10.1 Å². The fourth-order valence-corrected chi connectivity index (χ4v) is 2.12. The van der Waals surface area contributed by atoms with E-state index in [1.165, 1.54) is 0 Å². The summed E-state index contributed by atoms with van der Waals surface area (Å²) in [6.07, 6.45) is 0. The number of rotatable bonds is 5. The molecule has 3 nitrogen and oxygen atoms in total. The molecule has 0 aliphatic carbocycles. The minimum atomic E-state index is 0.0850. The Kier molecular flexibility index (Phi) is 4.73. The zero-order chi connectivity index (χ0) is 15.5. The molecule has 0 radical (unpaired) electrons. The van der Waals surface area contributed by atoms with Crippen molar-refractivity contribution in [2.45, 2.75) is 53.3 Å². The monoisotopic (exact) mass is 287 g/mol. The van der Waals surface area contributed by atoms with Crippen LogP contribution in [-0.4, -0.2) is 5.54 Å². The highest BCUT2D eigenvalue weighted by molar-refractivity contribution is 5.39. The van der Waals surface area contributed by atoms with E-state index in [4.69, 9.17) is 9.15 Å². The van der Waals surface area contributed by atoms with Crippen molar-refractivity contribution in [2.24, 2.45) is 0 Å². The highest BCUT2D eigenvalue weighted by Gasteiger charge is 2.11. The van der Waals surface area contributed by atoms with Gasteiger partial charge in [-0.2, -0.15) is 0 Å². The van der Waals surface area contributed by atoms with Crippen molar-refractivity contribution in [1.82, 2.24) is 5.32 Å². The normalized spacial score (nSPS) is 11.7. The molecule has 3 heteroatoms. The summed E-state index contributed by atoms with van der Waals surface area (Å²) in [5, 5.41) is 3.41. The smallest absolute Gasteiger partial charge is 0.146 e. The highest BCUT2D eigenvalue weighted by atomic mass is 16.5. The van der Waals surface area contributed by atoms with Crippen LogP contribution in [0, 0.1) is 13.8 Å². The molecule has 0 atom stereocenters. The Morgan fingerprint density at radius 3 is 2.24 bits per heavy atom. The van der Waals surface area contributed by atoms with Crippen LogP contribution in [0.1, 0.15) is 43.4 Å². The first-order valence-electron chi connectivity index (χ1n) is 7.37. The Hall–Kier alpha value is -1.74. The van der Waals surface area contributed by atoms with Crippen LogP contribution in [0.4, 0.5) is 0 Å². The molecule has 1 heterocycles. The summed E-state index contributed by atoms with van der Waals surface area (Å²) in [7, 11) is 0. The van der Waals surface area contributed by atoms with Crippen LogP contribution in [0.25, 0.3) is 0 Å². The van der Waals surface area contributed by atoms with Gasteiger partial charge in [0.2, 0.25) is 0 Å². The summed E-state index contributed by atoms with van der Waals surface area (Å²) < 4.78 is 11.7. The Morgan fingerprint density at radius 1 is 1.00 bits per heavy atom. The lowest BCUT2D eigenvalue weighted by atomic mass is 10.1. The van der Waals surface area contributed by atoms with Crippen LogP contribution in [-0.2, 0) is 13.2 Å². The van der Waals surface area contributed by atoms with Gasteiger partial charge in [0.1, 0.15) is 23.9 Å². The van der Waals surface area contributed by atoms with Crippen molar-refractivity contribution in [3.8, 4) is 5.75 Å². The second-order valence-corrected chi connectivity index (χ2v) is 6.48. The quantitative estimate of drug-likeness (QED) is 0.887. The van der Waals surface area contributed by atoms with Gasteiger partial charge in [0.05, 0.1) is 6.54 Å². The van der Waals surface area contributed by atoms with Crippen LogP contribution in [0.15, 0.2) is 34.7 Å². The molecule has 0 aliphatic heterocycles. The molecule has 2 aromatic rings. The van der Waals surface area contributed by atoms with Crippen molar-refractivity contribution in [3.05, 3.63) is 53.0 Å². The molecule has 1 N–H and O–H groups in total. The number of hydrogen-bond donors (Lipinski definition) is 1. The minimum Gasteiger partial charge on any atom is -0.485 e. The fourth-order valence-electron chi connectivity index (χ4n) is 2.12. The molecule has 1 aromatic carbocycles. The molecule has 0 bridgehead atoms. The first-order valence-corrected chi connectivity index (χ1v) is 7.37. The van der Waals surface area contributed by atoms with Crippen molar-refractivity contribution < 1.29 is 9.15 Å². The van der Waals surface area contributed by atoms with Gasteiger partial charge in [-0.25, -0.2) is 0 Å². The van der Waals surface area contributed by atoms with E-state index in [0.717, 1.165) is 34.9 Å². The molecular weight excluding hydrogens is 262 g/mol. The molecule has 114 valence electrons. The molecular formula is C18H25NO2. The lowest BCUT2D eigenvalue weighted by molar-refractivity contribution is 0.260. The zero-order valence-electron chi connectivity index (χ0n) is 13.6. The molecule has 0 amide bonds. The first-order chi connectivity index (χ1) is 9.85. The van der Waals surface area contributed by atoms with E-state index in [2.05, 4.69) is 52.1 Å². The largest absolute Gasteiger partial charge is 0.485 e. The molecule has 21 heavy (non-hydrogen) atoms. The Morgan fingerprint density at radius 2 is 1.62 bits per heavy atom. The SMILES string of the molecule is Cc1cccc(C)c1OCc1ccc(CNC(C)(C)C)o1. The van der Waals surface area contributed by atoms with Crippen LogP contribution in [0.5, 0.6) is 5.75 Å². The number of ether oxygens (including phenoxy) is 1. The fraction of sp³-hybridized carbons (Fsp3) is 0.444. The van der Waals surface area contributed by atoms with Crippen LogP contribution >= 0.6 is 0 Å². The maximum atomic E-state index is 5.90. The Bertz CT molecular complexity index is 573. The number of nitrogens with one attached hydrogen (secondary N) is 1. The van der Waals surface area contributed by atoms with Gasteiger partial charge in [-0.15, -0.1) is 0 Å². The predicted molar refractivity (Wildman–Crippen MR) is 85.5 cm³/mol. The van der Waals surface area contributed by atoms with Gasteiger partial charge in [-0.05, 0) is 57.9 Å². The predicted octanol–water partition coefficient (Wildman–Crippen LogP) is 4.36. The first kappa shape index (κ1) is 15.6. The van der Waals surface area contributed by atoms with Gasteiger partial charge >= 0.3 is 0 Å². The third-order valence-electron chi connectivity index (χ3n) is 3.28. The Labute approximate surface area is 127 Å². The van der Waals surface area contributed by atoms with Crippen LogP contribution in [0.2, 0.25) is 0 Å². The summed E-state index contributed by atoms with van der Waals surface area (Å²) in [5.74, 6) is 2.73. The number of benzene rings is 1. The number of para-hydroxylation sites is 1. The van der Waals surface area contributed by atoms with Crippen molar-refractivity contribution in [3.63, 3.8) is 0 Å². The summed E-state index contributed by atoms with van der Waals surface area (Å²) in [5.41, 5.74) is 2.38. The van der Waals surface area contributed by atoms with E-state index in [1.54, 1.807) is 0 Å².